The number of para-hydroxylation sites is 1. The van der Waals surface area contributed by atoms with Crippen molar-refractivity contribution in [3.63, 3.8) is 0 Å². The molecule has 0 aliphatic heterocycles. The molecule has 0 aliphatic rings. The molecule has 0 saturated heterocycles. The molecule has 0 aliphatic carbocycles. The van der Waals surface area contributed by atoms with Crippen molar-refractivity contribution in [2.24, 2.45) is 0 Å². The average Bonchev–Trinajstić information content (AvgIpc) is 2.75. The molecule has 0 fully saturated rings. The van der Waals surface area contributed by atoms with E-state index in [0.29, 0.717) is 18.5 Å². The first-order valence-corrected chi connectivity index (χ1v) is 13.8. The lowest BCUT2D eigenvalue weighted by Crippen LogP contribution is -2.55. The second-order valence-corrected chi connectivity index (χ2v) is 11.8. The Morgan fingerprint density at radius 3 is 2.23 bits per heavy atom. The summed E-state index contributed by atoms with van der Waals surface area (Å²) in [4.78, 5) is 28.5. The summed E-state index contributed by atoms with van der Waals surface area (Å²) < 4.78 is 26.7. The maximum atomic E-state index is 13.8. The van der Waals surface area contributed by atoms with Gasteiger partial charge in [-0.1, -0.05) is 61.9 Å². The van der Waals surface area contributed by atoms with Crippen LogP contribution in [0.3, 0.4) is 0 Å². The molecule has 2 rings (SSSR count). The highest BCUT2D eigenvalue weighted by Crippen LogP contribution is 2.24. The van der Waals surface area contributed by atoms with Crippen LogP contribution in [0.15, 0.2) is 48.5 Å². The second kappa shape index (κ2) is 11.7. The van der Waals surface area contributed by atoms with Crippen LogP contribution in [0.2, 0.25) is 0 Å². The first-order chi connectivity index (χ1) is 16.3. The van der Waals surface area contributed by atoms with Gasteiger partial charge >= 0.3 is 0 Å². The fourth-order valence-electron chi connectivity index (χ4n) is 4.03. The van der Waals surface area contributed by atoms with Crippen LogP contribution >= 0.6 is 0 Å². The van der Waals surface area contributed by atoms with E-state index in [0.717, 1.165) is 27.3 Å². The highest BCUT2D eigenvalue weighted by molar-refractivity contribution is 7.92. The van der Waals surface area contributed by atoms with E-state index < -0.39 is 27.5 Å². The third kappa shape index (κ3) is 8.09. The summed E-state index contributed by atoms with van der Waals surface area (Å²) in [5, 5.41) is 2.97. The second-order valence-electron chi connectivity index (χ2n) is 9.93. The molecule has 0 bridgehead atoms. The molecule has 192 valence electrons. The molecule has 2 aromatic carbocycles. The van der Waals surface area contributed by atoms with Crippen molar-refractivity contribution < 1.29 is 18.0 Å². The Labute approximate surface area is 210 Å². The molecule has 0 radical (unpaired) electrons. The zero-order valence-electron chi connectivity index (χ0n) is 22.0. The summed E-state index contributed by atoms with van der Waals surface area (Å²) >= 11 is 0. The van der Waals surface area contributed by atoms with Crippen molar-refractivity contribution in [1.29, 1.82) is 0 Å². The van der Waals surface area contributed by atoms with Crippen molar-refractivity contribution in [3.05, 3.63) is 65.2 Å². The normalized spacial score (nSPS) is 12.7. The lowest BCUT2D eigenvalue weighted by molar-refractivity contribution is -0.141. The van der Waals surface area contributed by atoms with Crippen LogP contribution in [-0.2, 0) is 32.6 Å². The van der Waals surface area contributed by atoms with E-state index in [1.807, 2.05) is 77.9 Å². The number of carbonyl (C=O) groups excluding carboxylic acids is 2. The van der Waals surface area contributed by atoms with Crippen molar-refractivity contribution in [1.82, 2.24) is 10.2 Å². The van der Waals surface area contributed by atoms with Gasteiger partial charge in [0, 0.05) is 12.1 Å². The van der Waals surface area contributed by atoms with Gasteiger partial charge in [0.05, 0.1) is 11.9 Å². The minimum Gasteiger partial charge on any atom is -0.350 e. The molecule has 1 atom stereocenters. The maximum absolute atomic E-state index is 13.8. The smallest absolute Gasteiger partial charge is 0.244 e. The van der Waals surface area contributed by atoms with Crippen LogP contribution in [0, 0.1) is 6.92 Å². The molecular weight excluding hydrogens is 462 g/mol. The third-order valence-electron chi connectivity index (χ3n) is 5.64. The van der Waals surface area contributed by atoms with Crippen molar-refractivity contribution in [2.75, 3.05) is 17.1 Å². The number of nitrogens with one attached hydrogen (secondary N) is 1. The summed E-state index contributed by atoms with van der Waals surface area (Å²) in [5.74, 6) is -0.695. The highest BCUT2D eigenvalue weighted by Gasteiger charge is 2.33. The summed E-state index contributed by atoms with van der Waals surface area (Å²) in [6, 6.07) is 14.2. The molecule has 1 N–H and O–H groups in total. The molecule has 0 saturated carbocycles. The predicted octanol–water partition coefficient (Wildman–Crippen LogP) is 4.05. The number of benzene rings is 2. The van der Waals surface area contributed by atoms with Gasteiger partial charge in [-0.25, -0.2) is 8.42 Å². The fraction of sp³-hybridized carbons (Fsp3) is 0.481. The summed E-state index contributed by atoms with van der Waals surface area (Å²) in [5.41, 5.74) is 2.75. The van der Waals surface area contributed by atoms with E-state index in [-0.39, 0.29) is 19.0 Å². The number of anilines is 1. The largest absolute Gasteiger partial charge is 0.350 e. The number of amides is 2. The summed E-state index contributed by atoms with van der Waals surface area (Å²) in [6.45, 7) is 11.2. The van der Waals surface area contributed by atoms with Crippen molar-refractivity contribution in [3.8, 4) is 0 Å². The molecule has 2 amide bonds. The van der Waals surface area contributed by atoms with E-state index in [9.17, 15) is 18.0 Å². The average molecular weight is 502 g/mol. The SMILES string of the molecule is CCc1ccccc1N(CC(=O)N(Cc1cccc(C)c1)C(CC)C(=O)NC(C)(C)C)S(C)(=O)=O. The zero-order valence-corrected chi connectivity index (χ0v) is 22.8. The molecule has 35 heavy (non-hydrogen) atoms. The predicted molar refractivity (Wildman–Crippen MR) is 142 cm³/mol. The molecule has 8 heteroatoms. The monoisotopic (exact) mass is 501 g/mol. The van der Waals surface area contributed by atoms with Gasteiger partial charge in [0.25, 0.3) is 0 Å². The number of sulfonamides is 1. The van der Waals surface area contributed by atoms with Gasteiger partial charge in [0.15, 0.2) is 0 Å². The number of rotatable bonds is 10. The van der Waals surface area contributed by atoms with Crippen LogP contribution in [0.1, 0.15) is 57.7 Å². The van der Waals surface area contributed by atoms with Crippen molar-refractivity contribution in [2.45, 2.75) is 72.5 Å². The highest BCUT2D eigenvalue weighted by atomic mass is 32.2. The van der Waals surface area contributed by atoms with Gasteiger partial charge in [0.2, 0.25) is 21.8 Å². The molecule has 7 nitrogen and oxygen atoms in total. The van der Waals surface area contributed by atoms with Gasteiger partial charge in [-0.3, -0.25) is 13.9 Å². The van der Waals surface area contributed by atoms with Gasteiger partial charge in [-0.15, -0.1) is 0 Å². The van der Waals surface area contributed by atoms with E-state index in [2.05, 4.69) is 5.32 Å². The molecule has 0 spiro atoms. The molecule has 2 aromatic rings. The number of hydrogen-bond donors (Lipinski definition) is 1. The number of nitrogens with zero attached hydrogens (tertiary/aromatic N) is 2. The van der Waals surface area contributed by atoms with Crippen LogP contribution < -0.4 is 9.62 Å². The van der Waals surface area contributed by atoms with Gasteiger partial charge in [-0.2, -0.15) is 0 Å². The fourth-order valence-corrected chi connectivity index (χ4v) is 4.91. The van der Waals surface area contributed by atoms with Gasteiger partial charge in [-0.05, 0) is 57.7 Å². The molecule has 1 unspecified atom stereocenters. The zero-order chi connectivity index (χ0) is 26.4. The minimum absolute atomic E-state index is 0.198. The molecule has 0 aromatic heterocycles. The maximum Gasteiger partial charge on any atom is 0.244 e. The van der Waals surface area contributed by atoms with E-state index in [1.165, 1.54) is 4.90 Å². The van der Waals surface area contributed by atoms with E-state index in [1.54, 1.807) is 12.1 Å². The first kappa shape index (κ1) is 28.4. The van der Waals surface area contributed by atoms with Gasteiger partial charge in [0.1, 0.15) is 12.6 Å². The van der Waals surface area contributed by atoms with E-state index >= 15 is 0 Å². The lowest BCUT2D eigenvalue weighted by Gasteiger charge is -2.34. The Morgan fingerprint density at radius 1 is 1.03 bits per heavy atom. The lowest BCUT2D eigenvalue weighted by atomic mass is 10.0. The summed E-state index contributed by atoms with van der Waals surface area (Å²) in [7, 11) is -3.75. The Balaban J connectivity index is 2.50. The van der Waals surface area contributed by atoms with E-state index in [4.69, 9.17) is 0 Å². The third-order valence-corrected chi connectivity index (χ3v) is 6.77. The standard InChI is InChI=1S/C27H39N3O4S/c1-8-22-15-10-11-16-24(22)30(35(7,33)34)19-25(31)29(18-21-14-12-13-20(3)17-21)23(9-2)26(32)28-27(4,5)6/h10-17,23H,8-9,18-19H2,1-7H3,(H,28,32). The first-order valence-electron chi connectivity index (χ1n) is 12.0. The van der Waals surface area contributed by atoms with Crippen molar-refractivity contribution >= 4 is 27.5 Å². The minimum atomic E-state index is -3.75. The number of carbonyl (C=O) groups is 2. The molecular formula is C27H39N3O4S. The summed E-state index contributed by atoms with van der Waals surface area (Å²) in [6.07, 6.45) is 2.11. The van der Waals surface area contributed by atoms with Crippen LogP contribution in [0.4, 0.5) is 5.69 Å². The quantitative estimate of drug-likeness (QED) is 0.532. The van der Waals surface area contributed by atoms with Crippen LogP contribution in [0.5, 0.6) is 0 Å². The molecule has 0 heterocycles. The Bertz CT molecular complexity index is 1140. The van der Waals surface area contributed by atoms with Crippen LogP contribution in [-0.4, -0.2) is 49.5 Å². The topological polar surface area (TPSA) is 86.8 Å². The number of hydrogen-bond acceptors (Lipinski definition) is 4. The van der Waals surface area contributed by atoms with Gasteiger partial charge < -0.3 is 10.2 Å². The Morgan fingerprint density at radius 2 is 1.69 bits per heavy atom. The Kier molecular flexibility index (Phi) is 9.49. The number of aryl methyl sites for hydroxylation is 2. The van der Waals surface area contributed by atoms with Crippen LogP contribution in [0.25, 0.3) is 0 Å². The Hall–Kier alpha value is -2.87.